The summed E-state index contributed by atoms with van der Waals surface area (Å²) in [4.78, 5) is 18.0. The van der Waals surface area contributed by atoms with Gasteiger partial charge in [-0.15, -0.1) is 0 Å². The SMILES string of the molecule is C[C@]12CCC[C@]3(CO3)[C@H]1C[C@H]1[C@@H](C2)OC(=O)[C@@H]1CN1CCN(Cc2ccc3c(c2)OCO3)CC1. The van der Waals surface area contributed by atoms with Crippen LogP contribution in [0.2, 0.25) is 0 Å². The van der Waals surface area contributed by atoms with Gasteiger partial charge in [-0.1, -0.05) is 13.0 Å². The van der Waals surface area contributed by atoms with Gasteiger partial charge in [-0.05, 0) is 61.1 Å². The van der Waals surface area contributed by atoms with Crippen molar-refractivity contribution in [3.05, 3.63) is 23.8 Å². The number of esters is 1. The van der Waals surface area contributed by atoms with Crippen molar-refractivity contribution in [1.29, 1.82) is 0 Å². The highest BCUT2D eigenvalue weighted by Crippen LogP contribution is 2.62. The summed E-state index contributed by atoms with van der Waals surface area (Å²) in [6.07, 6.45) is 5.94. The van der Waals surface area contributed by atoms with Crippen molar-refractivity contribution in [2.45, 2.75) is 57.3 Å². The van der Waals surface area contributed by atoms with E-state index in [1.165, 1.54) is 24.8 Å². The Morgan fingerprint density at radius 3 is 2.68 bits per heavy atom. The van der Waals surface area contributed by atoms with Gasteiger partial charge in [0.25, 0.3) is 0 Å². The summed E-state index contributed by atoms with van der Waals surface area (Å²) in [7, 11) is 0. The van der Waals surface area contributed by atoms with Gasteiger partial charge < -0.3 is 18.9 Å². The van der Waals surface area contributed by atoms with Crippen LogP contribution in [0.5, 0.6) is 11.5 Å². The number of rotatable bonds is 4. The lowest BCUT2D eigenvalue weighted by molar-refractivity contribution is -0.147. The summed E-state index contributed by atoms with van der Waals surface area (Å²) in [6, 6.07) is 6.24. The van der Waals surface area contributed by atoms with Gasteiger partial charge in [0.1, 0.15) is 6.10 Å². The van der Waals surface area contributed by atoms with Crippen LogP contribution in [0.1, 0.15) is 44.6 Å². The smallest absolute Gasteiger partial charge is 0.310 e. The maximum atomic E-state index is 13.0. The molecule has 0 bridgehead atoms. The molecule has 7 heteroatoms. The van der Waals surface area contributed by atoms with Gasteiger partial charge in [0.15, 0.2) is 11.5 Å². The average molecular weight is 469 g/mol. The van der Waals surface area contributed by atoms with Crippen molar-refractivity contribution in [1.82, 2.24) is 9.80 Å². The van der Waals surface area contributed by atoms with Gasteiger partial charge in [0.2, 0.25) is 6.79 Å². The van der Waals surface area contributed by atoms with Crippen LogP contribution in [0.3, 0.4) is 0 Å². The Morgan fingerprint density at radius 1 is 1.06 bits per heavy atom. The predicted octanol–water partition coefficient (Wildman–Crippen LogP) is 3.06. The second kappa shape index (κ2) is 7.84. The first-order chi connectivity index (χ1) is 16.5. The largest absolute Gasteiger partial charge is 0.462 e. The van der Waals surface area contributed by atoms with Crippen LogP contribution in [0.4, 0.5) is 0 Å². The van der Waals surface area contributed by atoms with Crippen LogP contribution in [0.15, 0.2) is 18.2 Å². The van der Waals surface area contributed by atoms with E-state index < -0.39 is 0 Å². The second-order valence-corrected chi connectivity index (χ2v) is 11.9. The number of carbonyl (C=O) groups is 1. The third kappa shape index (κ3) is 3.54. The van der Waals surface area contributed by atoms with E-state index in [1.54, 1.807) is 0 Å². The number of ether oxygens (including phenoxy) is 4. The molecule has 0 unspecified atom stereocenters. The van der Waals surface area contributed by atoms with Gasteiger partial charge in [0, 0.05) is 45.2 Å². The molecule has 0 aromatic heterocycles. The molecule has 7 nitrogen and oxygen atoms in total. The first kappa shape index (κ1) is 21.5. The number of benzene rings is 1. The summed E-state index contributed by atoms with van der Waals surface area (Å²) < 4.78 is 23.0. The minimum Gasteiger partial charge on any atom is -0.462 e. The van der Waals surface area contributed by atoms with E-state index in [-0.39, 0.29) is 29.0 Å². The third-order valence-electron chi connectivity index (χ3n) is 9.84. The molecule has 0 N–H and O–H groups in total. The van der Waals surface area contributed by atoms with E-state index in [9.17, 15) is 4.79 Å². The van der Waals surface area contributed by atoms with Crippen LogP contribution >= 0.6 is 0 Å². The van der Waals surface area contributed by atoms with Crippen LogP contribution in [0, 0.1) is 23.2 Å². The number of hydrogen-bond donors (Lipinski definition) is 0. The molecule has 34 heavy (non-hydrogen) atoms. The summed E-state index contributed by atoms with van der Waals surface area (Å²) in [5.74, 6) is 2.71. The highest BCUT2D eigenvalue weighted by atomic mass is 16.7. The summed E-state index contributed by atoms with van der Waals surface area (Å²) in [5, 5.41) is 0. The van der Waals surface area contributed by atoms with E-state index in [4.69, 9.17) is 18.9 Å². The van der Waals surface area contributed by atoms with Crippen LogP contribution in [-0.2, 0) is 20.8 Å². The monoisotopic (exact) mass is 468 g/mol. The Labute approximate surface area is 201 Å². The molecule has 1 spiro atoms. The summed E-state index contributed by atoms with van der Waals surface area (Å²) in [6.45, 7) is 9.46. The number of fused-ring (bicyclic) bond motifs is 4. The molecule has 0 amide bonds. The summed E-state index contributed by atoms with van der Waals surface area (Å²) in [5.41, 5.74) is 1.65. The standard InChI is InChI=1S/C27H36N2O5/c1-26-5-2-6-27(16-33-27)24(26)12-19-20(25(30)34-23(19)13-26)15-29-9-7-28(8-10-29)14-18-3-4-21-22(11-18)32-17-31-21/h3-4,11,19-20,23-24H,2,5-10,12-17H2,1H3/t19-,20-,23-,24+,26-,27+/m1/s1. The maximum absolute atomic E-state index is 13.0. The second-order valence-electron chi connectivity index (χ2n) is 11.9. The molecule has 1 aromatic rings. The quantitative estimate of drug-likeness (QED) is 0.497. The topological polar surface area (TPSA) is 63.8 Å². The van der Waals surface area contributed by atoms with Crippen molar-refractivity contribution in [3.8, 4) is 11.5 Å². The zero-order chi connectivity index (χ0) is 22.9. The zero-order valence-corrected chi connectivity index (χ0v) is 20.2. The molecule has 0 radical (unpaired) electrons. The van der Waals surface area contributed by atoms with Crippen molar-refractivity contribution < 1.29 is 23.7 Å². The molecule has 6 atom stereocenters. The molecule has 184 valence electrons. The third-order valence-corrected chi connectivity index (χ3v) is 9.84. The molecule has 7 rings (SSSR count). The first-order valence-corrected chi connectivity index (χ1v) is 13.2. The molecule has 5 fully saturated rings. The molecule has 2 saturated carbocycles. The zero-order valence-electron chi connectivity index (χ0n) is 20.2. The van der Waals surface area contributed by atoms with Gasteiger partial charge in [-0.3, -0.25) is 14.6 Å². The van der Waals surface area contributed by atoms with Crippen molar-refractivity contribution in [2.24, 2.45) is 23.2 Å². The van der Waals surface area contributed by atoms with Crippen molar-refractivity contribution in [2.75, 3.05) is 46.1 Å². The molecule has 6 aliphatic rings. The Balaban J connectivity index is 0.971. The number of nitrogens with zero attached hydrogens (tertiary/aromatic N) is 2. The van der Waals surface area contributed by atoms with Crippen LogP contribution in [0.25, 0.3) is 0 Å². The summed E-state index contributed by atoms with van der Waals surface area (Å²) >= 11 is 0. The number of epoxide rings is 1. The number of carbonyl (C=O) groups excluding carboxylic acids is 1. The number of piperazine rings is 1. The van der Waals surface area contributed by atoms with Gasteiger partial charge >= 0.3 is 5.97 Å². The van der Waals surface area contributed by atoms with Gasteiger partial charge in [-0.25, -0.2) is 0 Å². The van der Waals surface area contributed by atoms with Gasteiger partial charge in [-0.2, -0.15) is 0 Å². The first-order valence-electron chi connectivity index (χ1n) is 13.2. The van der Waals surface area contributed by atoms with E-state index in [0.717, 1.165) is 70.2 Å². The lowest BCUT2D eigenvalue weighted by Crippen LogP contribution is -2.52. The Bertz CT molecular complexity index is 972. The molecule has 4 heterocycles. The van der Waals surface area contributed by atoms with Crippen molar-refractivity contribution >= 4 is 5.97 Å². The molecule has 2 aliphatic carbocycles. The Morgan fingerprint density at radius 2 is 1.85 bits per heavy atom. The molecule has 4 aliphatic heterocycles. The number of hydrogen-bond acceptors (Lipinski definition) is 7. The minimum absolute atomic E-state index is 0.0210. The molecule has 3 saturated heterocycles. The fourth-order valence-corrected chi connectivity index (χ4v) is 7.87. The highest BCUT2D eigenvalue weighted by molar-refractivity contribution is 5.75. The van der Waals surface area contributed by atoms with E-state index >= 15 is 0 Å². The minimum atomic E-state index is 0.0210. The maximum Gasteiger partial charge on any atom is 0.310 e. The lowest BCUT2D eigenvalue weighted by Gasteiger charge is -2.51. The Hall–Kier alpha value is -1.83. The van der Waals surface area contributed by atoms with Gasteiger partial charge in [0.05, 0.1) is 18.1 Å². The van der Waals surface area contributed by atoms with E-state index in [2.05, 4.69) is 28.9 Å². The molecule has 1 aromatic carbocycles. The van der Waals surface area contributed by atoms with E-state index in [0.29, 0.717) is 18.6 Å². The molecular weight excluding hydrogens is 432 g/mol. The van der Waals surface area contributed by atoms with Crippen LogP contribution < -0.4 is 9.47 Å². The normalized spacial score (nSPS) is 41.3. The highest BCUT2D eigenvalue weighted by Gasteiger charge is 2.65. The Kier molecular flexibility index (Phi) is 4.94. The fourth-order valence-electron chi connectivity index (χ4n) is 7.87. The predicted molar refractivity (Wildman–Crippen MR) is 125 cm³/mol. The fraction of sp³-hybridized carbons (Fsp3) is 0.741. The molecular formula is C27H36N2O5. The average Bonchev–Trinajstić information content (AvgIpc) is 3.31. The van der Waals surface area contributed by atoms with Crippen molar-refractivity contribution in [3.63, 3.8) is 0 Å². The van der Waals surface area contributed by atoms with Crippen LogP contribution in [-0.4, -0.2) is 73.6 Å². The lowest BCUT2D eigenvalue weighted by atomic mass is 9.53. The van der Waals surface area contributed by atoms with E-state index in [1.807, 2.05) is 6.07 Å².